The summed E-state index contributed by atoms with van der Waals surface area (Å²) in [5.74, 6) is -0.666. The second kappa shape index (κ2) is 6.16. The first-order chi connectivity index (χ1) is 7.61. The number of hydrogen-bond donors (Lipinski definition) is 2. The van der Waals surface area contributed by atoms with Crippen LogP contribution in [0, 0.1) is 0 Å². The van der Waals surface area contributed by atoms with Crippen LogP contribution in [0.15, 0.2) is 30.3 Å². The quantitative estimate of drug-likeness (QED) is 0.754. The summed E-state index contributed by atoms with van der Waals surface area (Å²) in [6.45, 7) is 2.19. The van der Waals surface area contributed by atoms with Gasteiger partial charge in [0.25, 0.3) is 0 Å². The maximum Gasteiger partial charge on any atom is 0.349 e. The molecule has 0 aromatic heterocycles. The summed E-state index contributed by atoms with van der Waals surface area (Å²) < 4.78 is 17.0. The summed E-state index contributed by atoms with van der Waals surface area (Å²) in [7, 11) is -2.00. The van der Waals surface area contributed by atoms with Gasteiger partial charge in [-0.2, -0.15) is 0 Å². The van der Waals surface area contributed by atoms with Gasteiger partial charge in [-0.1, -0.05) is 37.3 Å². The lowest BCUT2D eigenvalue weighted by atomic mass is 10.2. The molecule has 5 heteroatoms. The normalized spacial score (nSPS) is 16.7. The van der Waals surface area contributed by atoms with Crippen molar-refractivity contribution in [1.82, 2.24) is 5.32 Å². The Labute approximate surface area is 96.2 Å². The minimum Gasteiger partial charge on any atom is -0.323 e. The first kappa shape index (κ1) is 13.4. The van der Waals surface area contributed by atoms with Crippen molar-refractivity contribution in [3.8, 4) is 0 Å². The molecule has 0 aliphatic rings. The lowest BCUT2D eigenvalue weighted by Gasteiger charge is -2.22. The second-order valence-electron chi connectivity index (χ2n) is 3.50. The van der Waals surface area contributed by atoms with Crippen molar-refractivity contribution >= 4 is 7.60 Å². The molecular weight excluding hydrogens is 225 g/mol. The molecule has 0 radical (unpaired) electrons. The minimum atomic E-state index is -3.65. The van der Waals surface area contributed by atoms with Crippen LogP contribution in [-0.2, 0) is 9.09 Å². The Morgan fingerprint density at radius 1 is 1.44 bits per heavy atom. The van der Waals surface area contributed by atoms with Crippen LogP contribution in [0.5, 0.6) is 0 Å². The zero-order chi connectivity index (χ0) is 12.0. The van der Waals surface area contributed by atoms with Crippen molar-refractivity contribution < 1.29 is 14.0 Å². The van der Waals surface area contributed by atoms with Crippen molar-refractivity contribution in [1.29, 1.82) is 0 Å². The first-order valence-corrected chi connectivity index (χ1v) is 6.95. The van der Waals surface area contributed by atoms with Crippen LogP contribution in [0.25, 0.3) is 0 Å². The van der Waals surface area contributed by atoms with Crippen LogP contribution in [0.1, 0.15) is 24.7 Å². The zero-order valence-electron chi connectivity index (χ0n) is 9.59. The second-order valence-corrected chi connectivity index (χ2v) is 5.40. The third kappa shape index (κ3) is 3.42. The van der Waals surface area contributed by atoms with Gasteiger partial charge in [-0.25, -0.2) is 0 Å². The van der Waals surface area contributed by atoms with Gasteiger partial charge < -0.3 is 14.7 Å². The van der Waals surface area contributed by atoms with Crippen molar-refractivity contribution in [2.75, 3.05) is 13.7 Å². The molecule has 2 unspecified atom stereocenters. The van der Waals surface area contributed by atoms with Crippen LogP contribution >= 0.6 is 7.60 Å². The fourth-order valence-electron chi connectivity index (χ4n) is 1.45. The maximum absolute atomic E-state index is 12.0. The molecule has 16 heavy (non-hydrogen) atoms. The number of nitrogens with one attached hydrogen (secondary N) is 1. The summed E-state index contributed by atoms with van der Waals surface area (Å²) in [6.07, 6.45) is 0.718. The SMILES string of the molecule is CCCOP(=O)(O)C(NC)c1ccccc1. The van der Waals surface area contributed by atoms with Crippen molar-refractivity contribution in [2.45, 2.75) is 19.1 Å². The fourth-order valence-corrected chi connectivity index (χ4v) is 2.92. The third-order valence-electron chi connectivity index (χ3n) is 2.20. The Hall–Kier alpha value is -0.670. The fraction of sp³-hybridized carbons (Fsp3) is 0.455. The van der Waals surface area contributed by atoms with E-state index in [1.165, 1.54) is 0 Å². The van der Waals surface area contributed by atoms with E-state index in [2.05, 4.69) is 5.32 Å². The Balaban J connectivity index is 2.86. The van der Waals surface area contributed by atoms with Gasteiger partial charge in [0.2, 0.25) is 0 Å². The highest BCUT2D eigenvalue weighted by Crippen LogP contribution is 2.54. The highest BCUT2D eigenvalue weighted by atomic mass is 31.2. The van der Waals surface area contributed by atoms with E-state index in [9.17, 15) is 9.46 Å². The van der Waals surface area contributed by atoms with E-state index in [0.29, 0.717) is 6.61 Å². The maximum atomic E-state index is 12.0. The number of benzene rings is 1. The minimum absolute atomic E-state index is 0.290. The molecule has 1 aromatic rings. The van der Waals surface area contributed by atoms with Gasteiger partial charge in [0.15, 0.2) is 0 Å². The molecule has 90 valence electrons. The Morgan fingerprint density at radius 3 is 2.56 bits per heavy atom. The Morgan fingerprint density at radius 2 is 2.06 bits per heavy atom. The van der Waals surface area contributed by atoms with E-state index in [4.69, 9.17) is 4.52 Å². The molecule has 2 N–H and O–H groups in total. The number of rotatable bonds is 6. The molecule has 0 saturated heterocycles. The molecular formula is C11H18NO3P. The molecule has 1 rings (SSSR count). The average Bonchev–Trinajstić information content (AvgIpc) is 2.28. The molecule has 1 aromatic carbocycles. The van der Waals surface area contributed by atoms with Gasteiger partial charge in [-0.15, -0.1) is 0 Å². The molecule has 0 saturated carbocycles. The third-order valence-corrected chi connectivity index (χ3v) is 3.96. The van der Waals surface area contributed by atoms with E-state index in [0.717, 1.165) is 12.0 Å². The smallest absolute Gasteiger partial charge is 0.323 e. The molecule has 4 nitrogen and oxygen atoms in total. The molecule has 0 bridgehead atoms. The summed E-state index contributed by atoms with van der Waals surface area (Å²) >= 11 is 0. The summed E-state index contributed by atoms with van der Waals surface area (Å²) in [5, 5.41) is 2.83. The Kier molecular flexibility index (Phi) is 5.16. The summed E-state index contributed by atoms with van der Waals surface area (Å²) in [4.78, 5) is 9.83. The van der Waals surface area contributed by atoms with Gasteiger partial charge in [0, 0.05) is 0 Å². The van der Waals surface area contributed by atoms with E-state index >= 15 is 0 Å². The number of hydrogen-bond acceptors (Lipinski definition) is 3. The highest BCUT2D eigenvalue weighted by molar-refractivity contribution is 7.53. The average molecular weight is 243 g/mol. The van der Waals surface area contributed by atoms with Gasteiger partial charge in [-0.05, 0) is 19.0 Å². The largest absolute Gasteiger partial charge is 0.349 e. The molecule has 0 spiro atoms. The predicted octanol–water partition coefficient (Wildman–Crippen LogP) is 2.52. The van der Waals surface area contributed by atoms with E-state index in [1.807, 2.05) is 25.1 Å². The topological polar surface area (TPSA) is 58.6 Å². The van der Waals surface area contributed by atoms with Crippen LogP contribution < -0.4 is 5.32 Å². The zero-order valence-corrected chi connectivity index (χ0v) is 10.5. The van der Waals surface area contributed by atoms with Crippen molar-refractivity contribution in [3.05, 3.63) is 35.9 Å². The van der Waals surface area contributed by atoms with Gasteiger partial charge in [-0.3, -0.25) is 4.57 Å². The summed E-state index contributed by atoms with van der Waals surface area (Å²) in [6, 6.07) is 9.14. The van der Waals surface area contributed by atoms with E-state index in [1.54, 1.807) is 19.2 Å². The van der Waals surface area contributed by atoms with Crippen LogP contribution in [0.4, 0.5) is 0 Å². The molecule has 0 heterocycles. The van der Waals surface area contributed by atoms with E-state index < -0.39 is 13.4 Å². The van der Waals surface area contributed by atoms with Crippen molar-refractivity contribution in [2.24, 2.45) is 0 Å². The van der Waals surface area contributed by atoms with Crippen LogP contribution in [0.3, 0.4) is 0 Å². The van der Waals surface area contributed by atoms with Gasteiger partial charge in [0.1, 0.15) is 5.78 Å². The summed E-state index contributed by atoms with van der Waals surface area (Å²) in [5.41, 5.74) is 0.756. The monoisotopic (exact) mass is 243 g/mol. The highest BCUT2D eigenvalue weighted by Gasteiger charge is 2.32. The van der Waals surface area contributed by atoms with E-state index in [-0.39, 0.29) is 0 Å². The van der Waals surface area contributed by atoms with Crippen LogP contribution in [0.2, 0.25) is 0 Å². The first-order valence-electron chi connectivity index (χ1n) is 5.31. The molecule has 0 amide bonds. The van der Waals surface area contributed by atoms with Gasteiger partial charge in [0.05, 0.1) is 6.61 Å². The molecule has 0 aliphatic carbocycles. The molecule has 0 fully saturated rings. The van der Waals surface area contributed by atoms with Crippen LogP contribution in [-0.4, -0.2) is 18.5 Å². The predicted molar refractivity (Wildman–Crippen MR) is 64.3 cm³/mol. The van der Waals surface area contributed by atoms with Gasteiger partial charge >= 0.3 is 7.60 Å². The standard InChI is InChI=1S/C11H18NO3P/c1-3-9-15-16(13,14)11(12-2)10-7-5-4-6-8-10/h4-8,11-12H,3,9H2,1-2H3,(H,13,14). The molecule has 2 atom stereocenters. The lowest BCUT2D eigenvalue weighted by Crippen LogP contribution is -2.18. The lowest BCUT2D eigenvalue weighted by molar-refractivity contribution is 0.248. The van der Waals surface area contributed by atoms with Crippen molar-refractivity contribution in [3.63, 3.8) is 0 Å². The molecule has 0 aliphatic heterocycles. The Bertz CT molecular complexity index is 356.